The SMILES string of the molecule is CCOC(=O)CC(C(F)(F)F)S(=O)(=O)NC1C2CCOC2C12CCC2. The van der Waals surface area contributed by atoms with E-state index >= 15 is 0 Å². The summed E-state index contributed by atoms with van der Waals surface area (Å²) in [4.78, 5) is 11.5. The molecule has 3 aliphatic rings. The molecule has 0 aromatic rings. The number of alkyl halides is 3. The Labute approximate surface area is 144 Å². The van der Waals surface area contributed by atoms with Crippen LogP contribution in [0.25, 0.3) is 0 Å². The van der Waals surface area contributed by atoms with Gasteiger partial charge in [-0.2, -0.15) is 13.2 Å². The van der Waals surface area contributed by atoms with Crippen LogP contribution in [0.15, 0.2) is 0 Å². The fraction of sp³-hybridized carbons (Fsp3) is 0.933. The minimum atomic E-state index is -5.05. The quantitative estimate of drug-likeness (QED) is 0.705. The molecular weight excluding hydrogens is 363 g/mol. The topological polar surface area (TPSA) is 81.7 Å². The second-order valence-corrected chi connectivity index (χ2v) is 8.91. The highest BCUT2D eigenvalue weighted by Crippen LogP contribution is 2.63. The largest absolute Gasteiger partial charge is 0.466 e. The average molecular weight is 385 g/mol. The zero-order valence-corrected chi connectivity index (χ0v) is 14.7. The number of hydrogen-bond donors (Lipinski definition) is 1. The maximum Gasteiger partial charge on any atom is 0.407 e. The molecule has 4 atom stereocenters. The Morgan fingerprint density at radius 1 is 1.40 bits per heavy atom. The number of carbonyl (C=O) groups excluding carboxylic acids is 1. The van der Waals surface area contributed by atoms with E-state index in [-0.39, 0.29) is 24.0 Å². The number of fused-ring (bicyclic) bond motifs is 2. The Morgan fingerprint density at radius 3 is 2.60 bits per heavy atom. The van der Waals surface area contributed by atoms with Crippen molar-refractivity contribution in [3.8, 4) is 0 Å². The van der Waals surface area contributed by atoms with Crippen LogP contribution in [-0.4, -0.2) is 51.2 Å². The van der Waals surface area contributed by atoms with Gasteiger partial charge in [0.15, 0.2) is 5.25 Å². The molecule has 0 bridgehead atoms. The van der Waals surface area contributed by atoms with Gasteiger partial charge in [-0.05, 0) is 26.2 Å². The van der Waals surface area contributed by atoms with Crippen LogP contribution in [0, 0.1) is 11.3 Å². The van der Waals surface area contributed by atoms with Crippen molar-refractivity contribution in [3.63, 3.8) is 0 Å². The Balaban J connectivity index is 1.77. The minimum absolute atomic E-state index is 0.0663. The van der Waals surface area contributed by atoms with Crippen LogP contribution in [0.3, 0.4) is 0 Å². The first-order valence-corrected chi connectivity index (χ1v) is 10.0. The van der Waals surface area contributed by atoms with Gasteiger partial charge in [0.1, 0.15) is 0 Å². The van der Waals surface area contributed by atoms with E-state index in [9.17, 15) is 26.4 Å². The summed E-state index contributed by atoms with van der Waals surface area (Å²) in [6.07, 6.45) is -3.32. The number of sulfonamides is 1. The zero-order valence-electron chi connectivity index (χ0n) is 13.8. The summed E-state index contributed by atoms with van der Waals surface area (Å²) in [5, 5.41) is -2.81. The molecule has 1 heterocycles. The van der Waals surface area contributed by atoms with Gasteiger partial charge in [-0.25, -0.2) is 13.1 Å². The second kappa shape index (κ2) is 6.38. The molecule has 0 amide bonds. The number of esters is 1. The maximum absolute atomic E-state index is 13.3. The Bertz CT molecular complexity index is 632. The predicted octanol–water partition coefficient (Wildman–Crippen LogP) is 1.75. The van der Waals surface area contributed by atoms with Gasteiger partial charge in [-0.3, -0.25) is 4.79 Å². The molecule has 1 saturated heterocycles. The first kappa shape index (κ1) is 18.9. The van der Waals surface area contributed by atoms with Crippen LogP contribution in [0.4, 0.5) is 13.2 Å². The number of hydrogen-bond acceptors (Lipinski definition) is 5. The molecular formula is C15H22F3NO5S. The third-order valence-electron chi connectivity index (χ3n) is 5.72. The van der Waals surface area contributed by atoms with Crippen LogP contribution in [-0.2, 0) is 24.3 Å². The molecule has 0 aromatic heterocycles. The molecule has 4 unspecified atom stereocenters. The molecule has 10 heteroatoms. The van der Waals surface area contributed by atoms with Crippen LogP contribution in [0.5, 0.6) is 0 Å². The molecule has 144 valence electrons. The van der Waals surface area contributed by atoms with Gasteiger partial charge in [0.25, 0.3) is 0 Å². The number of ether oxygens (including phenoxy) is 2. The monoisotopic (exact) mass is 385 g/mol. The van der Waals surface area contributed by atoms with E-state index < -0.39 is 39.9 Å². The molecule has 1 spiro atoms. The van der Waals surface area contributed by atoms with Crippen molar-refractivity contribution < 1.29 is 35.9 Å². The highest BCUT2D eigenvalue weighted by molar-refractivity contribution is 7.90. The van der Waals surface area contributed by atoms with Crippen molar-refractivity contribution in [2.45, 2.75) is 62.6 Å². The molecule has 3 fully saturated rings. The van der Waals surface area contributed by atoms with Gasteiger partial charge >= 0.3 is 12.1 Å². The smallest absolute Gasteiger partial charge is 0.407 e. The molecule has 1 N–H and O–H groups in total. The number of rotatable bonds is 6. The van der Waals surface area contributed by atoms with Crippen LogP contribution < -0.4 is 4.72 Å². The number of nitrogens with one attached hydrogen (secondary N) is 1. The lowest BCUT2D eigenvalue weighted by Crippen LogP contribution is -2.72. The lowest BCUT2D eigenvalue weighted by atomic mass is 9.47. The summed E-state index contributed by atoms with van der Waals surface area (Å²) in [6, 6.07) is -0.550. The lowest BCUT2D eigenvalue weighted by molar-refractivity contribution is -0.171. The van der Waals surface area contributed by atoms with Gasteiger partial charge in [0, 0.05) is 24.0 Å². The van der Waals surface area contributed by atoms with Crippen LogP contribution >= 0.6 is 0 Å². The first-order chi connectivity index (χ1) is 11.6. The fourth-order valence-corrected chi connectivity index (χ4v) is 6.08. The van der Waals surface area contributed by atoms with Gasteiger partial charge in [-0.15, -0.1) is 0 Å². The van der Waals surface area contributed by atoms with E-state index in [4.69, 9.17) is 4.74 Å². The zero-order chi connectivity index (χ0) is 18.5. The lowest BCUT2D eigenvalue weighted by Gasteiger charge is -2.63. The normalized spacial score (nSPS) is 31.8. The molecule has 1 aliphatic heterocycles. The first-order valence-electron chi connectivity index (χ1n) is 8.47. The Kier molecular flexibility index (Phi) is 4.83. The summed E-state index contributed by atoms with van der Waals surface area (Å²) in [5.74, 6) is -1.27. The molecule has 25 heavy (non-hydrogen) atoms. The standard InChI is InChI=1S/C15H22F3NO5S/c1-2-23-11(20)8-10(15(16,17)18)25(21,22)19-12-9-4-7-24-13(9)14(12)5-3-6-14/h9-10,12-13,19H,2-8H2,1H3. The van der Waals surface area contributed by atoms with E-state index in [1.165, 1.54) is 6.92 Å². The van der Waals surface area contributed by atoms with Crippen LogP contribution in [0.2, 0.25) is 0 Å². The van der Waals surface area contributed by atoms with Crippen molar-refractivity contribution in [2.75, 3.05) is 13.2 Å². The van der Waals surface area contributed by atoms with Crippen molar-refractivity contribution in [2.24, 2.45) is 11.3 Å². The minimum Gasteiger partial charge on any atom is -0.466 e. The van der Waals surface area contributed by atoms with E-state index in [2.05, 4.69) is 9.46 Å². The van der Waals surface area contributed by atoms with E-state index in [0.29, 0.717) is 13.0 Å². The van der Waals surface area contributed by atoms with Crippen molar-refractivity contribution in [1.29, 1.82) is 0 Å². The molecule has 0 aromatic carbocycles. The van der Waals surface area contributed by atoms with Crippen molar-refractivity contribution in [3.05, 3.63) is 0 Å². The average Bonchev–Trinajstić information content (AvgIpc) is 2.85. The summed E-state index contributed by atoms with van der Waals surface area (Å²) in [5.41, 5.74) is -0.381. The molecule has 0 radical (unpaired) electrons. The van der Waals surface area contributed by atoms with E-state index in [0.717, 1.165) is 19.3 Å². The van der Waals surface area contributed by atoms with Gasteiger partial charge < -0.3 is 9.47 Å². The highest BCUT2D eigenvalue weighted by Gasteiger charge is 2.68. The fourth-order valence-electron chi connectivity index (χ4n) is 4.44. The number of halogens is 3. The summed E-state index contributed by atoms with van der Waals surface area (Å²) in [7, 11) is -4.77. The summed E-state index contributed by atoms with van der Waals surface area (Å²) >= 11 is 0. The highest BCUT2D eigenvalue weighted by atomic mass is 32.2. The Hall–Kier alpha value is -0.870. The summed E-state index contributed by atoms with van der Waals surface area (Å²) < 4.78 is 77.2. The van der Waals surface area contributed by atoms with E-state index in [1.54, 1.807) is 0 Å². The van der Waals surface area contributed by atoms with Crippen LogP contribution in [0.1, 0.15) is 39.0 Å². The second-order valence-electron chi connectivity index (χ2n) is 7.01. The Morgan fingerprint density at radius 2 is 2.08 bits per heavy atom. The molecule has 6 nitrogen and oxygen atoms in total. The molecule has 2 saturated carbocycles. The molecule has 2 aliphatic carbocycles. The number of carbonyl (C=O) groups is 1. The van der Waals surface area contributed by atoms with Crippen molar-refractivity contribution in [1.82, 2.24) is 4.72 Å². The third kappa shape index (κ3) is 3.16. The molecule has 3 rings (SSSR count). The predicted molar refractivity (Wildman–Crippen MR) is 81.1 cm³/mol. The summed E-state index contributed by atoms with van der Waals surface area (Å²) in [6.45, 7) is 1.84. The van der Waals surface area contributed by atoms with Crippen molar-refractivity contribution >= 4 is 16.0 Å². The van der Waals surface area contributed by atoms with Gasteiger partial charge in [0.05, 0.1) is 19.1 Å². The van der Waals surface area contributed by atoms with Gasteiger partial charge in [0.2, 0.25) is 10.0 Å². The third-order valence-corrected chi connectivity index (χ3v) is 7.49. The van der Waals surface area contributed by atoms with E-state index in [1.807, 2.05) is 0 Å². The maximum atomic E-state index is 13.3. The van der Waals surface area contributed by atoms with Gasteiger partial charge in [-0.1, -0.05) is 6.42 Å².